The number of nitrogens with zero attached hydrogens (tertiary/aromatic N) is 1. The number of pyridine rings is 1. The Hall–Kier alpha value is -0.220. The Morgan fingerprint density at radius 2 is 2.27 bits per heavy atom. The molecule has 11 heavy (non-hydrogen) atoms. The van der Waals surface area contributed by atoms with Crippen LogP contribution in [0.5, 0.6) is 5.88 Å². The Morgan fingerprint density at radius 3 is 2.82 bits per heavy atom. The van der Waals surface area contributed by atoms with Crippen molar-refractivity contribution in [3.05, 3.63) is 16.2 Å². The third-order valence-electron chi connectivity index (χ3n) is 1.30. The Balaban J connectivity index is 3.21. The number of thiol groups is 1. The Morgan fingerprint density at radius 1 is 1.64 bits per heavy atom. The van der Waals surface area contributed by atoms with E-state index in [1.54, 1.807) is 7.11 Å². The van der Waals surface area contributed by atoms with Crippen LogP contribution in [-0.4, -0.2) is 12.1 Å². The van der Waals surface area contributed by atoms with Crippen molar-refractivity contribution in [1.82, 2.24) is 4.98 Å². The fourth-order valence-corrected chi connectivity index (χ4v) is 1.53. The van der Waals surface area contributed by atoms with Crippen molar-refractivity contribution in [2.45, 2.75) is 11.8 Å². The molecule has 60 valence electrons. The molecule has 0 unspecified atom stereocenters. The summed E-state index contributed by atoms with van der Waals surface area (Å²) in [5, 5.41) is 0. The molecule has 0 aliphatic carbocycles. The fraction of sp³-hybridized carbons (Fsp3) is 0.286. The molecule has 0 aliphatic heterocycles. The van der Waals surface area contributed by atoms with Crippen LogP contribution >= 0.6 is 28.6 Å². The highest BCUT2D eigenvalue weighted by Gasteiger charge is 2.03. The molecule has 1 aromatic rings. The van der Waals surface area contributed by atoms with Crippen molar-refractivity contribution in [2.24, 2.45) is 0 Å². The lowest BCUT2D eigenvalue weighted by molar-refractivity contribution is 0.393. The monoisotopic (exact) mass is 233 g/mol. The zero-order valence-corrected chi connectivity index (χ0v) is 8.74. The minimum Gasteiger partial charge on any atom is -0.480 e. The van der Waals surface area contributed by atoms with Crippen LogP contribution < -0.4 is 4.74 Å². The lowest BCUT2D eigenvalue weighted by Crippen LogP contribution is -1.91. The van der Waals surface area contributed by atoms with Crippen molar-refractivity contribution >= 4 is 28.6 Å². The van der Waals surface area contributed by atoms with Crippen LogP contribution in [0, 0.1) is 6.92 Å². The molecule has 0 N–H and O–H groups in total. The molecule has 0 fully saturated rings. The van der Waals surface area contributed by atoms with Crippen molar-refractivity contribution < 1.29 is 4.74 Å². The molecule has 1 rings (SSSR count). The normalized spacial score (nSPS) is 9.82. The van der Waals surface area contributed by atoms with E-state index >= 15 is 0 Å². The smallest absolute Gasteiger partial charge is 0.227 e. The maximum atomic E-state index is 4.99. The number of aryl methyl sites for hydroxylation is 1. The number of aromatic nitrogens is 1. The molecular formula is C7H8BrNOS. The van der Waals surface area contributed by atoms with Gasteiger partial charge in [-0.3, -0.25) is 0 Å². The van der Waals surface area contributed by atoms with Gasteiger partial charge in [-0.1, -0.05) is 0 Å². The summed E-state index contributed by atoms with van der Waals surface area (Å²) in [5.41, 5.74) is 0.869. The SMILES string of the molecule is COc1nc(C)c(S)cc1Br. The summed E-state index contributed by atoms with van der Waals surface area (Å²) in [6.45, 7) is 1.89. The number of methoxy groups -OCH3 is 1. The van der Waals surface area contributed by atoms with E-state index in [1.165, 1.54) is 0 Å². The van der Waals surface area contributed by atoms with Gasteiger partial charge in [0, 0.05) is 4.90 Å². The van der Waals surface area contributed by atoms with E-state index in [9.17, 15) is 0 Å². The average Bonchev–Trinajstić information content (AvgIpc) is 1.97. The van der Waals surface area contributed by atoms with Crippen molar-refractivity contribution in [1.29, 1.82) is 0 Å². The minimum atomic E-state index is 0.598. The van der Waals surface area contributed by atoms with E-state index in [1.807, 2.05) is 13.0 Å². The summed E-state index contributed by atoms with van der Waals surface area (Å²) in [7, 11) is 1.59. The van der Waals surface area contributed by atoms with Crippen LogP contribution in [0.15, 0.2) is 15.4 Å². The van der Waals surface area contributed by atoms with E-state index in [2.05, 4.69) is 33.5 Å². The zero-order valence-electron chi connectivity index (χ0n) is 6.26. The van der Waals surface area contributed by atoms with Gasteiger partial charge in [0.25, 0.3) is 0 Å². The minimum absolute atomic E-state index is 0.598. The predicted octanol–water partition coefficient (Wildman–Crippen LogP) is 2.45. The first-order valence-electron chi connectivity index (χ1n) is 3.05. The van der Waals surface area contributed by atoms with Gasteiger partial charge in [-0.25, -0.2) is 4.98 Å². The molecule has 0 aromatic carbocycles. The Labute approximate surface area is 79.5 Å². The van der Waals surface area contributed by atoms with E-state index in [0.29, 0.717) is 5.88 Å². The van der Waals surface area contributed by atoms with Crippen molar-refractivity contribution in [2.75, 3.05) is 7.11 Å². The van der Waals surface area contributed by atoms with Crippen molar-refractivity contribution in [3.63, 3.8) is 0 Å². The highest BCUT2D eigenvalue weighted by Crippen LogP contribution is 2.26. The first kappa shape index (κ1) is 8.87. The second kappa shape index (κ2) is 3.45. The number of hydrogen-bond donors (Lipinski definition) is 1. The molecule has 0 amide bonds. The fourth-order valence-electron chi connectivity index (χ4n) is 0.692. The molecule has 4 heteroatoms. The second-order valence-corrected chi connectivity index (χ2v) is 3.42. The van der Waals surface area contributed by atoms with Gasteiger partial charge in [0.2, 0.25) is 5.88 Å². The molecule has 0 spiro atoms. The van der Waals surface area contributed by atoms with Crippen LogP contribution in [0.4, 0.5) is 0 Å². The van der Waals surface area contributed by atoms with Crippen LogP contribution in [0.1, 0.15) is 5.69 Å². The largest absolute Gasteiger partial charge is 0.480 e. The first-order valence-corrected chi connectivity index (χ1v) is 4.29. The zero-order chi connectivity index (χ0) is 8.43. The van der Waals surface area contributed by atoms with E-state index in [-0.39, 0.29) is 0 Å². The maximum absolute atomic E-state index is 4.99. The molecule has 1 heterocycles. The molecular weight excluding hydrogens is 226 g/mol. The number of rotatable bonds is 1. The molecule has 0 aliphatic rings. The van der Waals surface area contributed by atoms with E-state index < -0.39 is 0 Å². The lowest BCUT2D eigenvalue weighted by atomic mass is 10.4. The third kappa shape index (κ3) is 1.87. The van der Waals surface area contributed by atoms with Gasteiger partial charge in [-0.2, -0.15) is 0 Å². The summed E-state index contributed by atoms with van der Waals surface area (Å²) < 4.78 is 5.82. The highest BCUT2D eigenvalue weighted by atomic mass is 79.9. The lowest BCUT2D eigenvalue weighted by Gasteiger charge is -2.04. The van der Waals surface area contributed by atoms with Gasteiger partial charge >= 0.3 is 0 Å². The highest BCUT2D eigenvalue weighted by molar-refractivity contribution is 9.10. The van der Waals surface area contributed by atoms with Gasteiger partial charge in [0.15, 0.2) is 0 Å². The molecule has 1 aromatic heterocycles. The molecule has 0 saturated heterocycles. The first-order chi connectivity index (χ1) is 5.15. The topological polar surface area (TPSA) is 22.1 Å². The van der Waals surface area contributed by atoms with Gasteiger partial charge in [0.05, 0.1) is 17.3 Å². The van der Waals surface area contributed by atoms with Crippen LogP contribution in [-0.2, 0) is 0 Å². The van der Waals surface area contributed by atoms with Crippen LogP contribution in [0.2, 0.25) is 0 Å². The van der Waals surface area contributed by atoms with Crippen LogP contribution in [0.25, 0.3) is 0 Å². The molecule has 0 bridgehead atoms. The quantitative estimate of drug-likeness (QED) is 0.754. The summed E-state index contributed by atoms with van der Waals surface area (Å²) in [5.74, 6) is 0.598. The standard InChI is InChI=1S/C7H8BrNOS/c1-4-6(11)3-5(8)7(9-4)10-2/h3,11H,1-2H3. The van der Waals surface area contributed by atoms with E-state index in [4.69, 9.17) is 4.74 Å². The summed E-state index contributed by atoms with van der Waals surface area (Å²) in [6.07, 6.45) is 0. The molecule has 0 saturated carbocycles. The second-order valence-electron chi connectivity index (χ2n) is 2.08. The molecule has 0 radical (unpaired) electrons. The summed E-state index contributed by atoms with van der Waals surface area (Å²) in [4.78, 5) is 5.00. The molecule has 0 atom stereocenters. The van der Waals surface area contributed by atoms with Gasteiger partial charge in [0.1, 0.15) is 0 Å². The van der Waals surface area contributed by atoms with Crippen LogP contribution in [0.3, 0.4) is 0 Å². The van der Waals surface area contributed by atoms with Gasteiger partial charge < -0.3 is 4.74 Å². The average molecular weight is 234 g/mol. The molecule has 2 nitrogen and oxygen atoms in total. The summed E-state index contributed by atoms with van der Waals surface area (Å²) >= 11 is 7.51. The number of ether oxygens (including phenoxy) is 1. The third-order valence-corrected chi connectivity index (χ3v) is 2.32. The Kier molecular flexibility index (Phi) is 2.78. The van der Waals surface area contributed by atoms with E-state index in [0.717, 1.165) is 15.1 Å². The maximum Gasteiger partial charge on any atom is 0.227 e. The van der Waals surface area contributed by atoms with Gasteiger partial charge in [-0.05, 0) is 28.9 Å². The summed E-state index contributed by atoms with van der Waals surface area (Å²) in [6, 6.07) is 1.87. The predicted molar refractivity (Wildman–Crippen MR) is 50.5 cm³/mol. The number of halogens is 1. The Bertz CT molecular complexity index is 277. The van der Waals surface area contributed by atoms with Gasteiger partial charge in [-0.15, -0.1) is 12.6 Å². The number of hydrogen-bond acceptors (Lipinski definition) is 3. The van der Waals surface area contributed by atoms with Crippen molar-refractivity contribution in [3.8, 4) is 5.88 Å².